The minimum atomic E-state index is 0.118. The van der Waals surface area contributed by atoms with Crippen LogP contribution in [0.25, 0.3) is 0 Å². The number of ketones is 1. The molecule has 124 valence electrons. The highest BCUT2D eigenvalue weighted by molar-refractivity contribution is 6.01. The first-order chi connectivity index (χ1) is 11.6. The van der Waals surface area contributed by atoms with Crippen LogP contribution in [0.3, 0.4) is 0 Å². The molecule has 0 amide bonds. The molecule has 7 heteroatoms. The zero-order valence-corrected chi connectivity index (χ0v) is 13.9. The van der Waals surface area contributed by atoms with Gasteiger partial charge in [-0.25, -0.2) is 4.68 Å². The average molecular weight is 324 g/mol. The predicted octanol–water partition coefficient (Wildman–Crippen LogP) is 1.11. The highest BCUT2D eigenvalue weighted by atomic mass is 16.1. The highest BCUT2D eigenvalue weighted by Crippen LogP contribution is 2.26. The minimum Gasteiger partial charge on any atom is -0.346 e. The number of Topliss-reactive ketones (excluding diaryl/α,β-unsaturated/α-hetero) is 1. The van der Waals surface area contributed by atoms with Gasteiger partial charge in [0.2, 0.25) is 11.9 Å². The van der Waals surface area contributed by atoms with Crippen LogP contribution in [-0.4, -0.2) is 52.6 Å². The molecule has 2 aliphatic heterocycles. The third-order valence-corrected chi connectivity index (χ3v) is 4.30. The fraction of sp³-hybridized carbons (Fsp3) is 0.353. The quantitative estimate of drug-likeness (QED) is 0.912. The van der Waals surface area contributed by atoms with Crippen LogP contribution in [0.15, 0.2) is 41.6 Å². The van der Waals surface area contributed by atoms with Crippen molar-refractivity contribution < 1.29 is 4.79 Å². The van der Waals surface area contributed by atoms with Crippen LogP contribution in [0, 0.1) is 0 Å². The van der Waals surface area contributed by atoms with E-state index in [9.17, 15) is 4.79 Å². The Morgan fingerprint density at radius 3 is 2.71 bits per heavy atom. The van der Waals surface area contributed by atoms with Crippen molar-refractivity contribution in [1.29, 1.82) is 0 Å². The molecule has 0 bridgehead atoms. The Bertz CT molecular complexity index is 808. The molecule has 0 aliphatic carbocycles. The number of rotatable bonds is 3. The lowest BCUT2D eigenvalue weighted by Gasteiger charge is -2.32. The van der Waals surface area contributed by atoms with E-state index in [0.717, 1.165) is 18.7 Å². The summed E-state index contributed by atoms with van der Waals surface area (Å²) in [6.45, 7) is 2.57. The zero-order valence-electron chi connectivity index (χ0n) is 13.9. The smallest absolute Gasteiger partial charge is 0.246 e. The van der Waals surface area contributed by atoms with Gasteiger partial charge in [-0.15, -0.1) is 5.10 Å². The molecule has 1 N–H and O–H groups in total. The van der Waals surface area contributed by atoms with E-state index in [0.29, 0.717) is 30.7 Å². The van der Waals surface area contributed by atoms with Crippen LogP contribution < -0.4 is 10.2 Å². The number of fused-ring (bicyclic) bond motifs is 1. The van der Waals surface area contributed by atoms with Crippen LogP contribution in [0.4, 0.5) is 11.9 Å². The second-order valence-corrected chi connectivity index (χ2v) is 6.44. The number of aromatic nitrogens is 3. The molecule has 0 saturated heterocycles. The molecule has 7 nitrogen and oxygen atoms in total. The molecule has 0 spiro atoms. The zero-order chi connectivity index (χ0) is 16.7. The lowest BCUT2D eigenvalue weighted by molar-refractivity contribution is -0.117. The van der Waals surface area contributed by atoms with Crippen molar-refractivity contribution in [1.82, 2.24) is 19.7 Å². The summed E-state index contributed by atoms with van der Waals surface area (Å²) in [6.07, 6.45) is 0. The molecule has 24 heavy (non-hydrogen) atoms. The van der Waals surface area contributed by atoms with E-state index >= 15 is 0 Å². The number of carbonyl (C=O) groups excluding carboxylic acids is 1. The first-order valence-corrected chi connectivity index (χ1v) is 8.01. The largest absolute Gasteiger partial charge is 0.346 e. The summed E-state index contributed by atoms with van der Waals surface area (Å²) in [5.41, 5.74) is 2.99. The predicted molar refractivity (Wildman–Crippen MR) is 91.7 cm³/mol. The van der Waals surface area contributed by atoms with Crippen molar-refractivity contribution in [3.63, 3.8) is 0 Å². The number of nitrogens with zero attached hydrogens (tertiary/aromatic N) is 5. The SMILES string of the molecule is CN(C)c1nc2n(n1)CC1=C(N2)C(=O)CN(Cc2ccccc2)C1. The van der Waals surface area contributed by atoms with E-state index in [1.807, 2.05) is 41.9 Å². The van der Waals surface area contributed by atoms with Crippen molar-refractivity contribution in [2.24, 2.45) is 0 Å². The number of nitrogens with one attached hydrogen (secondary N) is 1. The minimum absolute atomic E-state index is 0.118. The van der Waals surface area contributed by atoms with E-state index in [-0.39, 0.29) is 5.78 Å². The van der Waals surface area contributed by atoms with Gasteiger partial charge in [-0.05, 0) is 11.1 Å². The Hall–Kier alpha value is -2.67. The molecule has 0 radical (unpaired) electrons. The summed E-state index contributed by atoms with van der Waals surface area (Å²) in [5, 5.41) is 7.65. The molecule has 2 aromatic rings. The Balaban J connectivity index is 1.54. The summed E-state index contributed by atoms with van der Waals surface area (Å²) < 4.78 is 1.83. The van der Waals surface area contributed by atoms with Crippen LogP contribution in [0.5, 0.6) is 0 Å². The van der Waals surface area contributed by atoms with Crippen LogP contribution >= 0.6 is 0 Å². The Kier molecular flexibility index (Phi) is 3.57. The van der Waals surface area contributed by atoms with Crippen LogP contribution in [0.2, 0.25) is 0 Å². The monoisotopic (exact) mass is 324 g/mol. The van der Waals surface area contributed by atoms with E-state index in [2.05, 4.69) is 32.4 Å². The Morgan fingerprint density at radius 2 is 1.96 bits per heavy atom. The van der Waals surface area contributed by atoms with Gasteiger partial charge < -0.3 is 10.2 Å². The third kappa shape index (κ3) is 2.67. The molecule has 1 aromatic carbocycles. The average Bonchev–Trinajstić information content (AvgIpc) is 2.97. The van der Waals surface area contributed by atoms with E-state index in [1.165, 1.54) is 5.56 Å². The van der Waals surface area contributed by atoms with Gasteiger partial charge >= 0.3 is 0 Å². The molecule has 0 fully saturated rings. The number of hydrogen-bond acceptors (Lipinski definition) is 6. The van der Waals surface area contributed by atoms with Gasteiger partial charge in [-0.1, -0.05) is 30.3 Å². The van der Waals surface area contributed by atoms with Gasteiger partial charge in [-0.2, -0.15) is 4.98 Å². The second kappa shape index (κ2) is 5.76. The third-order valence-electron chi connectivity index (χ3n) is 4.30. The summed E-state index contributed by atoms with van der Waals surface area (Å²) in [7, 11) is 3.81. The standard InChI is InChI=1S/C17H20N6O/c1-21(2)17-19-16-18-15-13(10-23(16)20-17)9-22(11-14(15)24)8-12-6-4-3-5-7-12/h3-7H,8-11H2,1-2H3,(H,18,19,20). The van der Waals surface area contributed by atoms with Crippen molar-refractivity contribution >= 4 is 17.7 Å². The number of carbonyl (C=O) groups is 1. The van der Waals surface area contributed by atoms with E-state index in [1.54, 1.807) is 0 Å². The van der Waals surface area contributed by atoms with Crippen molar-refractivity contribution in [2.75, 3.05) is 37.4 Å². The second-order valence-electron chi connectivity index (χ2n) is 6.44. The maximum absolute atomic E-state index is 12.5. The van der Waals surface area contributed by atoms with Gasteiger partial charge in [-0.3, -0.25) is 9.69 Å². The summed E-state index contributed by atoms with van der Waals surface area (Å²) in [6, 6.07) is 10.2. The van der Waals surface area contributed by atoms with Gasteiger partial charge in [0.15, 0.2) is 5.78 Å². The maximum atomic E-state index is 12.5. The topological polar surface area (TPSA) is 66.3 Å². The van der Waals surface area contributed by atoms with Crippen molar-refractivity contribution in [3.05, 3.63) is 47.2 Å². The molecule has 1 aromatic heterocycles. The molecule has 2 aliphatic rings. The van der Waals surface area contributed by atoms with Gasteiger partial charge in [0, 0.05) is 27.2 Å². The first kappa shape index (κ1) is 14.9. The molecule has 0 saturated carbocycles. The fourth-order valence-electron chi connectivity index (χ4n) is 3.14. The number of anilines is 2. The lowest BCUT2D eigenvalue weighted by atomic mass is 10.0. The maximum Gasteiger partial charge on any atom is 0.246 e. The van der Waals surface area contributed by atoms with Gasteiger partial charge in [0.1, 0.15) is 0 Å². The van der Waals surface area contributed by atoms with Crippen LogP contribution in [-0.2, 0) is 17.9 Å². The highest BCUT2D eigenvalue weighted by Gasteiger charge is 2.31. The summed E-state index contributed by atoms with van der Waals surface area (Å²) >= 11 is 0. The van der Waals surface area contributed by atoms with Crippen LogP contribution in [0.1, 0.15) is 5.56 Å². The molecule has 4 rings (SSSR count). The van der Waals surface area contributed by atoms with Gasteiger partial charge in [0.05, 0.1) is 18.8 Å². The first-order valence-electron chi connectivity index (χ1n) is 8.01. The molecule has 3 heterocycles. The van der Waals surface area contributed by atoms with Crippen molar-refractivity contribution in [3.8, 4) is 0 Å². The lowest BCUT2D eigenvalue weighted by Crippen LogP contribution is -2.42. The molecular weight excluding hydrogens is 304 g/mol. The number of benzene rings is 1. The fourth-order valence-corrected chi connectivity index (χ4v) is 3.14. The normalized spacial score (nSPS) is 17.3. The van der Waals surface area contributed by atoms with Gasteiger partial charge in [0.25, 0.3) is 0 Å². The Morgan fingerprint density at radius 1 is 1.17 bits per heavy atom. The van der Waals surface area contributed by atoms with Crippen molar-refractivity contribution in [2.45, 2.75) is 13.1 Å². The molecule has 0 atom stereocenters. The summed E-state index contributed by atoms with van der Waals surface area (Å²) in [5.74, 6) is 1.40. The molecule has 0 unspecified atom stereocenters. The van der Waals surface area contributed by atoms with E-state index < -0.39 is 0 Å². The van der Waals surface area contributed by atoms with E-state index in [4.69, 9.17) is 0 Å². The summed E-state index contributed by atoms with van der Waals surface area (Å²) in [4.78, 5) is 21.0. The molecular formula is C17H20N6O. The Labute approximate surface area is 140 Å². The number of hydrogen-bond donors (Lipinski definition) is 1.